The van der Waals surface area contributed by atoms with Gasteiger partial charge in [-0.15, -0.1) is 0 Å². The van der Waals surface area contributed by atoms with Crippen molar-refractivity contribution in [3.05, 3.63) is 90.3 Å². The highest BCUT2D eigenvalue weighted by molar-refractivity contribution is 5.98. The Kier molecular flexibility index (Phi) is 3.99. The van der Waals surface area contributed by atoms with Crippen molar-refractivity contribution in [2.24, 2.45) is 4.99 Å². The Balaban J connectivity index is 1.42. The van der Waals surface area contributed by atoms with E-state index in [1.807, 2.05) is 24.4 Å². The second kappa shape index (κ2) is 6.96. The minimum atomic E-state index is -0.0477. The van der Waals surface area contributed by atoms with Gasteiger partial charge in [0, 0.05) is 18.9 Å². The number of pyridine rings is 1. The van der Waals surface area contributed by atoms with Gasteiger partial charge in [0.05, 0.1) is 24.4 Å². The van der Waals surface area contributed by atoms with E-state index in [4.69, 9.17) is 9.98 Å². The summed E-state index contributed by atoms with van der Waals surface area (Å²) < 4.78 is 2.28. The molecular weight excluding hydrogens is 374 g/mol. The number of anilines is 1. The molecule has 0 bridgehead atoms. The first kappa shape index (κ1) is 17.2. The predicted octanol–water partition coefficient (Wildman–Crippen LogP) is 3.17. The number of para-hydroxylation sites is 2. The molecule has 0 amide bonds. The Morgan fingerprint density at radius 3 is 2.70 bits per heavy atom. The van der Waals surface area contributed by atoms with E-state index in [0.29, 0.717) is 13.3 Å². The largest absolute Gasteiger partial charge is 0.331 e. The Morgan fingerprint density at radius 1 is 0.967 bits per heavy atom. The van der Waals surface area contributed by atoms with E-state index < -0.39 is 0 Å². The SMILES string of the molecule is c1ccc(C2NC3=NCN(Cc4cccnc4)CN3c3nc4ccccc4n32)cc1. The molecule has 4 heterocycles. The monoisotopic (exact) mass is 395 g/mol. The predicted molar refractivity (Wildman–Crippen MR) is 117 cm³/mol. The van der Waals surface area contributed by atoms with Crippen molar-refractivity contribution in [2.45, 2.75) is 12.7 Å². The van der Waals surface area contributed by atoms with Crippen LogP contribution in [0.25, 0.3) is 11.0 Å². The molecule has 0 aliphatic carbocycles. The molecule has 2 aliphatic rings. The molecule has 1 atom stereocenters. The zero-order valence-electron chi connectivity index (χ0n) is 16.4. The molecule has 0 saturated carbocycles. The number of benzene rings is 2. The van der Waals surface area contributed by atoms with E-state index in [1.54, 1.807) is 6.20 Å². The highest BCUT2D eigenvalue weighted by Crippen LogP contribution is 2.33. The first-order valence-corrected chi connectivity index (χ1v) is 10.1. The maximum absolute atomic E-state index is 4.98. The summed E-state index contributed by atoms with van der Waals surface area (Å²) in [5.74, 6) is 1.78. The molecule has 148 valence electrons. The molecule has 7 heteroatoms. The first-order valence-electron chi connectivity index (χ1n) is 10.1. The average molecular weight is 395 g/mol. The summed E-state index contributed by atoms with van der Waals surface area (Å²) in [7, 11) is 0. The zero-order valence-corrected chi connectivity index (χ0v) is 16.4. The number of hydrogen-bond acceptors (Lipinski definition) is 6. The normalized spacial score (nSPS) is 18.5. The lowest BCUT2D eigenvalue weighted by molar-refractivity contribution is 0.263. The number of imidazole rings is 1. The minimum absolute atomic E-state index is 0.0477. The van der Waals surface area contributed by atoms with Crippen LogP contribution >= 0.6 is 0 Å². The number of guanidine groups is 1. The second-order valence-electron chi connectivity index (χ2n) is 7.61. The summed E-state index contributed by atoms with van der Waals surface area (Å²) in [6.07, 6.45) is 3.67. The van der Waals surface area contributed by atoms with Crippen LogP contribution in [-0.4, -0.2) is 38.7 Å². The lowest BCUT2D eigenvalue weighted by atomic mass is 10.1. The van der Waals surface area contributed by atoms with Crippen molar-refractivity contribution < 1.29 is 0 Å². The van der Waals surface area contributed by atoms with Crippen LogP contribution in [0.4, 0.5) is 5.95 Å². The van der Waals surface area contributed by atoms with Gasteiger partial charge in [0.25, 0.3) is 0 Å². The Morgan fingerprint density at radius 2 is 1.83 bits per heavy atom. The highest BCUT2D eigenvalue weighted by atomic mass is 15.5. The third kappa shape index (κ3) is 2.83. The summed E-state index contributed by atoms with van der Waals surface area (Å²) >= 11 is 0. The van der Waals surface area contributed by atoms with Crippen LogP contribution in [0.5, 0.6) is 0 Å². The quantitative estimate of drug-likeness (QED) is 0.577. The fourth-order valence-electron chi connectivity index (χ4n) is 4.23. The molecule has 0 spiro atoms. The van der Waals surface area contributed by atoms with Crippen LogP contribution in [0.1, 0.15) is 17.3 Å². The van der Waals surface area contributed by atoms with Crippen LogP contribution in [0.3, 0.4) is 0 Å². The second-order valence-corrected chi connectivity index (χ2v) is 7.61. The molecule has 0 fully saturated rings. The van der Waals surface area contributed by atoms with Gasteiger partial charge in [-0.1, -0.05) is 48.5 Å². The fraction of sp³-hybridized carbons (Fsp3) is 0.174. The van der Waals surface area contributed by atoms with Crippen LogP contribution in [0, 0.1) is 0 Å². The van der Waals surface area contributed by atoms with Crippen LogP contribution < -0.4 is 10.2 Å². The molecule has 2 aliphatic heterocycles. The van der Waals surface area contributed by atoms with Crippen molar-refractivity contribution in [1.82, 2.24) is 24.8 Å². The summed E-state index contributed by atoms with van der Waals surface area (Å²) in [6.45, 7) is 2.14. The minimum Gasteiger partial charge on any atom is -0.331 e. The molecule has 2 aromatic carbocycles. The molecule has 2 aromatic heterocycles. The van der Waals surface area contributed by atoms with Crippen molar-refractivity contribution in [2.75, 3.05) is 18.2 Å². The smallest absolute Gasteiger partial charge is 0.216 e. The van der Waals surface area contributed by atoms with Crippen LogP contribution in [-0.2, 0) is 6.54 Å². The van der Waals surface area contributed by atoms with E-state index in [0.717, 1.165) is 29.5 Å². The third-order valence-corrected chi connectivity index (χ3v) is 5.60. The third-order valence-electron chi connectivity index (χ3n) is 5.60. The summed E-state index contributed by atoms with van der Waals surface area (Å²) in [5, 5.41) is 3.65. The van der Waals surface area contributed by atoms with Gasteiger partial charge in [0.2, 0.25) is 11.9 Å². The highest BCUT2D eigenvalue weighted by Gasteiger charge is 2.35. The van der Waals surface area contributed by atoms with Gasteiger partial charge in [0.15, 0.2) is 0 Å². The maximum atomic E-state index is 4.98. The van der Waals surface area contributed by atoms with Gasteiger partial charge in [-0.3, -0.25) is 19.4 Å². The zero-order chi connectivity index (χ0) is 19.9. The van der Waals surface area contributed by atoms with Crippen molar-refractivity contribution in [1.29, 1.82) is 0 Å². The van der Waals surface area contributed by atoms with E-state index in [-0.39, 0.29) is 6.17 Å². The summed E-state index contributed by atoms with van der Waals surface area (Å²) in [4.78, 5) is 18.5. The standard InChI is InChI=1S/C23H21N7/c1-2-8-18(9-3-1)21-27-22-25-15-28(14-17-7-6-12-24-13-17)16-29(22)23-26-19-10-4-5-11-20(19)30(21)23/h1-13,21H,14-16H2,(H,25,27). The Labute approximate surface area is 174 Å². The lowest BCUT2D eigenvalue weighted by Crippen LogP contribution is -2.57. The van der Waals surface area contributed by atoms with Crippen LogP contribution in [0.2, 0.25) is 0 Å². The molecule has 0 saturated heterocycles. The van der Waals surface area contributed by atoms with Gasteiger partial charge in [0.1, 0.15) is 6.17 Å². The van der Waals surface area contributed by atoms with Crippen molar-refractivity contribution in [3.63, 3.8) is 0 Å². The number of aliphatic imine (C=N–C) groups is 1. The van der Waals surface area contributed by atoms with Gasteiger partial charge < -0.3 is 5.32 Å². The summed E-state index contributed by atoms with van der Waals surface area (Å²) in [6, 6.07) is 22.8. The molecule has 6 rings (SSSR count). The van der Waals surface area contributed by atoms with E-state index >= 15 is 0 Å². The van der Waals surface area contributed by atoms with Crippen molar-refractivity contribution >= 4 is 22.9 Å². The van der Waals surface area contributed by atoms with Gasteiger partial charge in [-0.05, 0) is 29.3 Å². The number of nitrogens with one attached hydrogen (secondary N) is 1. The molecule has 1 unspecified atom stereocenters. The van der Waals surface area contributed by atoms with E-state index in [2.05, 4.69) is 73.2 Å². The topological polar surface area (TPSA) is 61.6 Å². The lowest BCUT2D eigenvalue weighted by Gasteiger charge is -2.41. The molecular formula is C23H21N7. The van der Waals surface area contributed by atoms with E-state index in [9.17, 15) is 0 Å². The fourth-order valence-corrected chi connectivity index (χ4v) is 4.23. The molecule has 1 N–H and O–H groups in total. The number of fused-ring (bicyclic) bond motifs is 5. The van der Waals surface area contributed by atoms with E-state index in [1.165, 1.54) is 11.1 Å². The van der Waals surface area contributed by atoms with Crippen LogP contribution in [0.15, 0.2) is 84.1 Å². The molecule has 4 aromatic rings. The van der Waals surface area contributed by atoms with Crippen molar-refractivity contribution in [3.8, 4) is 0 Å². The molecule has 30 heavy (non-hydrogen) atoms. The van der Waals surface area contributed by atoms with Gasteiger partial charge >= 0.3 is 0 Å². The Bertz CT molecular complexity index is 1220. The molecule has 0 radical (unpaired) electrons. The average Bonchev–Trinajstić information content (AvgIpc) is 3.20. The number of hydrogen-bond donors (Lipinski definition) is 1. The number of rotatable bonds is 3. The molecule has 7 nitrogen and oxygen atoms in total. The first-order chi connectivity index (χ1) is 14.9. The number of aromatic nitrogens is 3. The van der Waals surface area contributed by atoms with Gasteiger partial charge in [-0.2, -0.15) is 0 Å². The maximum Gasteiger partial charge on any atom is 0.216 e. The summed E-state index contributed by atoms with van der Waals surface area (Å²) in [5.41, 5.74) is 4.46. The van der Waals surface area contributed by atoms with Gasteiger partial charge in [-0.25, -0.2) is 9.98 Å². The Hall–Kier alpha value is -3.71. The number of nitrogens with zero attached hydrogens (tertiary/aromatic N) is 6.